The average Bonchev–Trinajstić information content (AvgIpc) is 2.23. The molecular formula is C11H11BrO2. The van der Waals surface area contributed by atoms with Gasteiger partial charge in [-0.3, -0.25) is 4.79 Å². The molecule has 0 radical (unpaired) electrons. The third-order valence-electron chi connectivity index (χ3n) is 2.53. The van der Waals surface area contributed by atoms with Crippen LogP contribution in [0.5, 0.6) is 5.75 Å². The van der Waals surface area contributed by atoms with Gasteiger partial charge in [0.05, 0.1) is 17.5 Å². The van der Waals surface area contributed by atoms with Crippen LogP contribution in [0.1, 0.15) is 22.3 Å². The molecule has 1 aromatic rings. The van der Waals surface area contributed by atoms with Gasteiger partial charge in [-0.25, -0.2) is 0 Å². The van der Waals surface area contributed by atoms with Crippen molar-refractivity contribution in [2.45, 2.75) is 17.7 Å². The van der Waals surface area contributed by atoms with Crippen molar-refractivity contribution in [3.63, 3.8) is 0 Å². The van der Waals surface area contributed by atoms with Gasteiger partial charge in [0.15, 0.2) is 5.78 Å². The number of ketones is 1. The number of Topliss-reactive ketones (excluding diaryl/α,β-unsaturated/α-hetero) is 1. The summed E-state index contributed by atoms with van der Waals surface area (Å²) in [5.41, 5.74) is 1.85. The van der Waals surface area contributed by atoms with E-state index in [0.717, 1.165) is 24.0 Å². The number of aryl methyl sites for hydroxylation is 1. The highest BCUT2D eigenvalue weighted by atomic mass is 79.9. The standard InChI is InChI=1S/C11H11BrO2/c1-14-9-4-2-3-7-5-6-8(12)11(13)10(7)9/h2-4,8H,5-6H2,1H3/t8-/m0/s1. The highest BCUT2D eigenvalue weighted by Gasteiger charge is 2.27. The number of alkyl halides is 1. The van der Waals surface area contributed by atoms with Crippen LogP contribution in [0.25, 0.3) is 0 Å². The zero-order chi connectivity index (χ0) is 10.1. The topological polar surface area (TPSA) is 26.3 Å². The number of carbonyl (C=O) groups excluding carboxylic acids is 1. The lowest BCUT2D eigenvalue weighted by Gasteiger charge is -2.20. The Morgan fingerprint density at radius 3 is 3.00 bits per heavy atom. The summed E-state index contributed by atoms with van der Waals surface area (Å²) in [7, 11) is 1.60. The minimum atomic E-state index is -0.0497. The first-order chi connectivity index (χ1) is 6.74. The van der Waals surface area contributed by atoms with E-state index in [1.165, 1.54) is 0 Å². The molecular weight excluding hydrogens is 244 g/mol. The van der Waals surface area contributed by atoms with Gasteiger partial charge in [-0.15, -0.1) is 0 Å². The molecule has 2 rings (SSSR count). The fourth-order valence-corrected chi connectivity index (χ4v) is 2.26. The van der Waals surface area contributed by atoms with Gasteiger partial charge in [0, 0.05) is 0 Å². The van der Waals surface area contributed by atoms with Crippen molar-refractivity contribution in [1.82, 2.24) is 0 Å². The second-order valence-electron chi connectivity index (χ2n) is 3.36. The summed E-state index contributed by atoms with van der Waals surface area (Å²) in [6, 6.07) is 5.76. The third-order valence-corrected chi connectivity index (χ3v) is 3.40. The SMILES string of the molecule is COc1cccc2c1C(=O)[C@@H](Br)CC2. The van der Waals surface area contributed by atoms with E-state index in [0.29, 0.717) is 5.75 Å². The van der Waals surface area contributed by atoms with Gasteiger partial charge in [0.1, 0.15) is 5.75 Å². The Labute approximate surface area is 91.4 Å². The number of halogens is 1. The number of fused-ring (bicyclic) bond motifs is 1. The molecule has 0 N–H and O–H groups in total. The number of hydrogen-bond acceptors (Lipinski definition) is 2. The minimum absolute atomic E-state index is 0.0497. The van der Waals surface area contributed by atoms with Crippen LogP contribution >= 0.6 is 15.9 Å². The van der Waals surface area contributed by atoms with Crippen molar-refractivity contribution < 1.29 is 9.53 Å². The summed E-state index contributed by atoms with van der Waals surface area (Å²) in [5, 5.41) is 0. The van der Waals surface area contributed by atoms with E-state index in [4.69, 9.17) is 4.74 Å². The van der Waals surface area contributed by atoms with E-state index in [1.54, 1.807) is 7.11 Å². The van der Waals surface area contributed by atoms with Crippen LogP contribution in [-0.4, -0.2) is 17.7 Å². The van der Waals surface area contributed by atoms with Crippen LogP contribution < -0.4 is 4.74 Å². The summed E-state index contributed by atoms with van der Waals surface area (Å²) < 4.78 is 5.19. The summed E-state index contributed by atoms with van der Waals surface area (Å²) in [6.07, 6.45) is 1.81. The van der Waals surface area contributed by atoms with Gasteiger partial charge in [-0.2, -0.15) is 0 Å². The first kappa shape index (κ1) is 9.71. The molecule has 0 fully saturated rings. The molecule has 0 aromatic heterocycles. The number of rotatable bonds is 1. The molecule has 0 amide bonds. The van der Waals surface area contributed by atoms with Gasteiger partial charge in [0.25, 0.3) is 0 Å². The fourth-order valence-electron chi connectivity index (χ4n) is 1.80. The first-order valence-corrected chi connectivity index (χ1v) is 5.49. The van der Waals surface area contributed by atoms with Crippen molar-refractivity contribution in [2.24, 2.45) is 0 Å². The normalized spacial score (nSPS) is 20.4. The number of ether oxygens (including phenoxy) is 1. The predicted molar refractivity (Wildman–Crippen MR) is 58.4 cm³/mol. The average molecular weight is 255 g/mol. The molecule has 0 saturated heterocycles. The number of carbonyl (C=O) groups is 1. The molecule has 0 bridgehead atoms. The Morgan fingerprint density at radius 1 is 1.50 bits per heavy atom. The van der Waals surface area contributed by atoms with Crippen LogP contribution in [0.4, 0.5) is 0 Å². The highest BCUT2D eigenvalue weighted by molar-refractivity contribution is 9.10. The van der Waals surface area contributed by atoms with Crippen molar-refractivity contribution >= 4 is 21.7 Å². The predicted octanol–water partition coefficient (Wildman–Crippen LogP) is 2.59. The van der Waals surface area contributed by atoms with Crippen molar-refractivity contribution in [3.8, 4) is 5.75 Å². The Balaban J connectivity index is 2.55. The monoisotopic (exact) mass is 254 g/mol. The lowest BCUT2D eigenvalue weighted by atomic mass is 9.90. The van der Waals surface area contributed by atoms with E-state index < -0.39 is 0 Å². The molecule has 0 saturated carbocycles. The van der Waals surface area contributed by atoms with Crippen LogP contribution in [-0.2, 0) is 6.42 Å². The second-order valence-corrected chi connectivity index (χ2v) is 4.47. The van der Waals surface area contributed by atoms with E-state index in [-0.39, 0.29) is 10.6 Å². The highest BCUT2D eigenvalue weighted by Crippen LogP contribution is 2.31. The van der Waals surface area contributed by atoms with Crippen LogP contribution in [0, 0.1) is 0 Å². The van der Waals surface area contributed by atoms with E-state index in [2.05, 4.69) is 15.9 Å². The Kier molecular flexibility index (Phi) is 2.59. The van der Waals surface area contributed by atoms with Crippen LogP contribution in [0.15, 0.2) is 18.2 Å². The quantitative estimate of drug-likeness (QED) is 0.721. The zero-order valence-electron chi connectivity index (χ0n) is 7.92. The van der Waals surface area contributed by atoms with Crippen molar-refractivity contribution in [2.75, 3.05) is 7.11 Å². The Morgan fingerprint density at radius 2 is 2.29 bits per heavy atom. The molecule has 2 nitrogen and oxygen atoms in total. The summed E-state index contributed by atoms with van der Waals surface area (Å²) in [6.45, 7) is 0. The molecule has 1 aliphatic rings. The molecule has 14 heavy (non-hydrogen) atoms. The smallest absolute Gasteiger partial charge is 0.180 e. The molecule has 3 heteroatoms. The molecule has 0 spiro atoms. The van der Waals surface area contributed by atoms with E-state index in [9.17, 15) is 4.79 Å². The molecule has 0 unspecified atom stereocenters. The van der Waals surface area contributed by atoms with Gasteiger partial charge in [0.2, 0.25) is 0 Å². The van der Waals surface area contributed by atoms with E-state index in [1.807, 2.05) is 18.2 Å². The maximum atomic E-state index is 11.9. The largest absolute Gasteiger partial charge is 0.496 e. The lowest BCUT2D eigenvalue weighted by Crippen LogP contribution is -2.23. The summed E-state index contributed by atoms with van der Waals surface area (Å²) >= 11 is 3.38. The summed E-state index contributed by atoms with van der Waals surface area (Å²) in [5.74, 6) is 0.834. The third kappa shape index (κ3) is 1.46. The number of hydrogen-bond donors (Lipinski definition) is 0. The number of benzene rings is 1. The zero-order valence-corrected chi connectivity index (χ0v) is 9.50. The second kappa shape index (κ2) is 3.73. The van der Waals surface area contributed by atoms with Crippen LogP contribution in [0.2, 0.25) is 0 Å². The van der Waals surface area contributed by atoms with Gasteiger partial charge in [-0.1, -0.05) is 28.1 Å². The van der Waals surface area contributed by atoms with E-state index >= 15 is 0 Å². The molecule has 1 aromatic carbocycles. The molecule has 1 aliphatic carbocycles. The molecule has 74 valence electrons. The van der Waals surface area contributed by atoms with Gasteiger partial charge in [-0.05, 0) is 24.5 Å². The number of methoxy groups -OCH3 is 1. The minimum Gasteiger partial charge on any atom is -0.496 e. The Hall–Kier alpha value is -0.830. The molecule has 0 heterocycles. The maximum absolute atomic E-state index is 11.9. The maximum Gasteiger partial charge on any atom is 0.180 e. The molecule has 1 atom stereocenters. The van der Waals surface area contributed by atoms with Crippen molar-refractivity contribution in [3.05, 3.63) is 29.3 Å². The van der Waals surface area contributed by atoms with Gasteiger partial charge < -0.3 is 4.74 Å². The summed E-state index contributed by atoms with van der Waals surface area (Å²) in [4.78, 5) is 11.8. The lowest BCUT2D eigenvalue weighted by molar-refractivity contribution is 0.0978. The van der Waals surface area contributed by atoms with Crippen LogP contribution in [0.3, 0.4) is 0 Å². The Bertz CT molecular complexity index is 359. The fraction of sp³-hybridized carbons (Fsp3) is 0.364. The van der Waals surface area contributed by atoms with Gasteiger partial charge >= 0.3 is 0 Å². The molecule has 0 aliphatic heterocycles. The first-order valence-electron chi connectivity index (χ1n) is 4.58. The van der Waals surface area contributed by atoms with Crippen molar-refractivity contribution in [1.29, 1.82) is 0 Å².